The summed E-state index contributed by atoms with van der Waals surface area (Å²) in [7, 11) is 0. The van der Waals surface area contributed by atoms with Crippen molar-refractivity contribution in [3.63, 3.8) is 0 Å². The Hall–Kier alpha value is -0.0400. The van der Waals surface area contributed by atoms with E-state index in [1.165, 1.54) is 25.7 Å². The minimum absolute atomic E-state index is 0.499. The average Bonchev–Trinajstić information content (AvgIpc) is 2.50. The Morgan fingerprint density at radius 3 is 2.64 bits per heavy atom. The normalized spacial score (nSPS) is 54.6. The van der Waals surface area contributed by atoms with E-state index in [4.69, 9.17) is 4.74 Å². The van der Waals surface area contributed by atoms with Gasteiger partial charge in [-0.3, -0.25) is 0 Å². The number of hydrogen-bond acceptors (Lipinski definition) is 1. The lowest BCUT2D eigenvalue weighted by molar-refractivity contribution is -0.150. The molecule has 0 aromatic rings. The second-order valence-electron chi connectivity index (χ2n) is 6.71. The highest BCUT2D eigenvalue weighted by Crippen LogP contribution is 2.63. The Morgan fingerprint density at radius 2 is 1.93 bits per heavy atom. The third-order valence-corrected chi connectivity index (χ3v) is 5.23. The van der Waals surface area contributed by atoms with Crippen LogP contribution in [0, 0.1) is 22.7 Å². The van der Waals surface area contributed by atoms with Crippen LogP contribution in [0.25, 0.3) is 0 Å². The maximum Gasteiger partial charge on any atom is 0.0660 e. The molecular weight excluding hydrogens is 172 g/mol. The van der Waals surface area contributed by atoms with Crippen LogP contribution in [0.15, 0.2) is 0 Å². The first kappa shape index (κ1) is 9.21. The summed E-state index contributed by atoms with van der Waals surface area (Å²) in [5.74, 6) is 1.83. The monoisotopic (exact) mass is 194 g/mol. The lowest BCUT2D eigenvalue weighted by Crippen LogP contribution is -2.56. The molecule has 1 heterocycles. The summed E-state index contributed by atoms with van der Waals surface area (Å²) in [6, 6.07) is 0. The Morgan fingerprint density at radius 1 is 1.14 bits per heavy atom. The van der Waals surface area contributed by atoms with Crippen LogP contribution < -0.4 is 0 Å². The average molecular weight is 194 g/mol. The summed E-state index contributed by atoms with van der Waals surface area (Å²) in [6.45, 7) is 8.44. The van der Waals surface area contributed by atoms with E-state index in [0.717, 1.165) is 18.4 Å². The van der Waals surface area contributed by atoms with E-state index >= 15 is 0 Å². The van der Waals surface area contributed by atoms with Gasteiger partial charge < -0.3 is 4.74 Å². The highest BCUT2D eigenvalue weighted by atomic mass is 16.5. The van der Waals surface area contributed by atoms with Gasteiger partial charge in [0.25, 0.3) is 0 Å². The Kier molecular flexibility index (Phi) is 1.68. The quantitative estimate of drug-likeness (QED) is 0.575. The van der Waals surface area contributed by atoms with E-state index in [2.05, 4.69) is 20.8 Å². The van der Waals surface area contributed by atoms with Gasteiger partial charge in [0.2, 0.25) is 0 Å². The van der Waals surface area contributed by atoms with Gasteiger partial charge in [-0.15, -0.1) is 0 Å². The van der Waals surface area contributed by atoms with E-state index < -0.39 is 0 Å². The van der Waals surface area contributed by atoms with Gasteiger partial charge in [-0.1, -0.05) is 20.8 Å². The zero-order valence-electron chi connectivity index (χ0n) is 9.68. The molecule has 3 aliphatic carbocycles. The van der Waals surface area contributed by atoms with Gasteiger partial charge in [-0.25, -0.2) is 0 Å². The van der Waals surface area contributed by atoms with Crippen molar-refractivity contribution in [1.82, 2.24) is 0 Å². The molecular formula is C13H22O. The number of ether oxygens (including phenoxy) is 1. The molecule has 4 fully saturated rings. The molecule has 3 saturated carbocycles. The van der Waals surface area contributed by atoms with Crippen LogP contribution in [-0.2, 0) is 4.74 Å². The molecule has 4 unspecified atom stereocenters. The van der Waals surface area contributed by atoms with Gasteiger partial charge in [-0.2, -0.15) is 0 Å². The molecule has 1 nitrogen and oxygen atoms in total. The molecule has 0 aromatic heterocycles. The van der Waals surface area contributed by atoms with Crippen LogP contribution in [-0.4, -0.2) is 12.7 Å². The van der Waals surface area contributed by atoms with E-state index in [9.17, 15) is 0 Å². The Balaban J connectivity index is 2.00. The van der Waals surface area contributed by atoms with Crippen molar-refractivity contribution in [2.75, 3.05) is 6.61 Å². The molecule has 1 heteroatoms. The van der Waals surface area contributed by atoms with Crippen molar-refractivity contribution in [3.05, 3.63) is 0 Å². The van der Waals surface area contributed by atoms with Crippen LogP contribution in [0.2, 0.25) is 0 Å². The minimum Gasteiger partial charge on any atom is -0.377 e. The van der Waals surface area contributed by atoms with E-state index in [1.54, 1.807) is 0 Å². The highest BCUT2D eigenvalue weighted by Gasteiger charge is 2.59. The zero-order chi connectivity index (χ0) is 9.97. The van der Waals surface area contributed by atoms with Crippen molar-refractivity contribution in [2.24, 2.45) is 22.7 Å². The fourth-order valence-corrected chi connectivity index (χ4v) is 4.91. The van der Waals surface area contributed by atoms with Crippen LogP contribution >= 0.6 is 0 Å². The van der Waals surface area contributed by atoms with Crippen LogP contribution in [0.4, 0.5) is 0 Å². The number of rotatable bonds is 0. The molecule has 0 radical (unpaired) electrons. The Labute approximate surface area is 87.2 Å². The molecule has 14 heavy (non-hydrogen) atoms. The summed E-state index contributed by atoms with van der Waals surface area (Å²) in [5, 5.41) is 0. The van der Waals surface area contributed by atoms with Crippen molar-refractivity contribution >= 4 is 0 Å². The molecule has 1 saturated heterocycles. The standard InChI is InChI=1S/C13H22O/c1-12(2)8-13(3)6-4-10(12)9-5-7-14-11(9)13/h9-11H,4-8H2,1-3H3. The maximum absolute atomic E-state index is 5.99. The van der Waals surface area contributed by atoms with E-state index in [0.29, 0.717) is 16.9 Å². The van der Waals surface area contributed by atoms with Gasteiger partial charge in [0.05, 0.1) is 6.10 Å². The predicted octanol–water partition coefficient (Wildman–Crippen LogP) is 3.24. The van der Waals surface area contributed by atoms with Crippen molar-refractivity contribution < 1.29 is 4.74 Å². The van der Waals surface area contributed by atoms with Gasteiger partial charge in [0.15, 0.2) is 0 Å². The first-order valence-electron chi connectivity index (χ1n) is 6.15. The zero-order valence-corrected chi connectivity index (χ0v) is 9.68. The lowest BCUT2D eigenvalue weighted by Gasteiger charge is -2.59. The summed E-state index contributed by atoms with van der Waals surface area (Å²) < 4.78 is 5.99. The van der Waals surface area contributed by atoms with Gasteiger partial charge in [0.1, 0.15) is 0 Å². The summed E-state index contributed by atoms with van der Waals surface area (Å²) in [4.78, 5) is 0. The summed E-state index contributed by atoms with van der Waals surface area (Å²) in [6.07, 6.45) is 6.17. The third kappa shape index (κ3) is 0.997. The number of fused-ring (bicyclic) bond motifs is 2. The molecule has 1 aliphatic heterocycles. The van der Waals surface area contributed by atoms with E-state index in [1.807, 2.05) is 0 Å². The Bertz CT molecular complexity index is 258. The van der Waals surface area contributed by atoms with E-state index in [-0.39, 0.29) is 0 Å². The van der Waals surface area contributed by atoms with Crippen LogP contribution in [0.3, 0.4) is 0 Å². The smallest absolute Gasteiger partial charge is 0.0660 e. The second-order valence-corrected chi connectivity index (χ2v) is 6.71. The molecule has 4 atom stereocenters. The SMILES string of the molecule is CC1(C)CC2(C)CCC1C1CCOC12. The lowest BCUT2D eigenvalue weighted by atomic mass is 9.47. The molecule has 0 N–H and O–H groups in total. The molecule has 2 bridgehead atoms. The minimum atomic E-state index is 0.499. The summed E-state index contributed by atoms with van der Waals surface area (Å²) in [5.41, 5.74) is 1.07. The van der Waals surface area contributed by atoms with Crippen LogP contribution in [0.1, 0.15) is 46.5 Å². The fraction of sp³-hybridized carbons (Fsp3) is 1.00. The molecule has 4 aliphatic rings. The first-order chi connectivity index (χ1) is 6.53. The molecule has 0 spiro atoms. The maximum atomic E-state index is 5.99. The van der Waals surface area contributed by atoms with Gasteiger partial charge >= 0.3 is 0 Å². The van der Waals surface area contributed by atoms with Crippen molar-refractivity contribution in [1.29, 1.82) is 0 Å². The highest BCUT2D eigenvalue weighted by molar-refractivity contribution is 5.08. The second kappa shape index (κ2) is 2.55. The molecule has 80 valence electrons. The number of hydrogen-bond donors (Lipinski definition) is 0. The fourth-order valence-electron chi connectivity index (χ4n) is 4.91. The summed E-state index contributed by atoms with van der Waals surface area (Å²) >= 11 is 0. The van der Waals surface area contributed by atoms with Gasteiger partial charge in [-0.05, 0) is 48.3 Å². The topological polar surface area (TPSA) is 9.23 Å². The largest absolute Gasteiger partial charge is 0.377 e. The van der Waals surface area contributed by atoms with Crippen molar-refractivity contribution in [2.45, 2.75) is 52.6 Å². The van der Waals surface area contributed by atoms with Crippen molar-refractivity contribution in [3.8, 4) is 0 Å². The molecule has 0 aromatic carbocycles. The third-order valence-electron chi connectivity index (χ3n) is 5.23. The van der Waals surface area contributed by atoms with Gasteiger partial charge in [0, 0.05) is 6.61 Å². The first-order valence-corrected chi connectivity index (χ1v) is 6.15. The molecule has 4 rings (SSSR count). The van der Waals surface area contributed by atoms with Crippen LogP contribution in [0.5, 0.6) is 0 Å². The predicted molar refractivity (Wildman–Crippen MR) is 57.1 cm³/mol. The molecule has 0 amide bonds.